The van der Waals surface area contributed by atoms with E-state index in [1.807, 2.05) is 0 Å². The number of piperidine rings is 1. The second-order valence-corrected chi connectivity index (χ2v) is 6.36. The van der Waals surface area contributed by atoms with E-state index >= 15 is 0 Å². The lowest BCUT2D eigenvalue weighted by atomic mass is 10.1. The Labute approximate surface area is 155 Å². The second kappa shape index (κ2) is 7.22. The number of imidazole rings is 1. The first-order chi connectivity index (χ1) is 13.2. The number of rotatable bonds is 4. The molecule has 0 aliphatic carbocycles. The Morgan fingerprint density at radius 3 is 3.04 bits per heavy atom. The van der Waals surface area contributed by atoms with E-state index in [9.17, 15) is 9.18 Å². The molecule has 1 atom stereocenters. The van der Waals surface area contributed by atoms with E-state index in [0.29, 0.717) is 30.2 Å². The number of aromatic nitrogens is 3. The van der Waals surface area contributed by atoms with Crippen molar-refractivity contribution in [3.8, 4) is 11.6 Å². The van der Waals surface area contributed by atoms with E-state index in [2.05, 4.69) is 9.97 Å². The molecule has 4 heterocycles. The van der Waals surface area contributed by atoms with Crippen molar-refractivity contribution in [2.24, 2.45) is 0 Å². The maximum Gasteiger partial charge on any atom is 0.272 e. The van der Waals surface area contributed by atoms with Crippen molar-refractivity contribution in [1.29, 1.82) is 0 Å². The van der Waals surface area contributed by atoms with Gasteiger partial charge in [0, 0.05) is 25.0 Å². The van der Waals surface area contributed by atoms with Gasteiger partial charge in [0.15, 0.2) is 5.82 Å². The molecule has 0 bridgehead atoms. The maximum absolute atomic E-state index is 13.8. The van der Waals surface area contributed by atoms with E-state index in [1.54, 1.807) is 40.9 Å². The van der Waals surface area contributed by atoms with Crippen LogP contribution in [0.2, 0.25) is 0 Å². The lowest BCUT2D eigenvalue weighted by molar-refractivity contribution is 0.0512. The fourth-order valence-electron chi connectivity index (χ4n) is 3.24. The van der Waals surface area contributed by atoms with Crippen molar-refractivity contribution < 1.29 is 18.7 Å². The summed E-state index contributed by atoms with van der Waals surface area (Å²) in [5.41, 5.74) is 1.11. The van der Waals surface area contributed by atoms with Crippen molar-refractivity contribution in [2.45, 2.75) is 18.9 Å². The SMILES string of the molecule is COc1ccn2c(C(=O)N3CCCC(Oc4ncccc4F)C3)cnc2c1. The van der Waals surface area contributed by atoms with E-state index in [0.717, 1.165) is 12.8 Å². The van der Waals surface area contributed by atoms with Crippen LogP contribution in [0, 0.1) is 5.82 Å². The van der Waals surface area contributed by atoms with Crippen molar-refractivity contribution >= 4 is 11.6 Å². The minimum atomic E-state index is -0.503. The van der Waals surface area contributed by atoms with Gasteiger partial charge in [-0.3, -0.25) is 9.20 Å². The zero-order chi connectivity index (χ0) is 18.8. The molecule has 1 aliphatic heterocycles. The highest BCUT2D eigenvalue weighted by Crippen LogP contribution is 2.21. The minimum Gasteiger partial charge on any atom is -0.497 e. The molecule has 0 radical (unpaired) electrons. The van der Waals surface area contributed by atoms with E-state index in [-0.39, 0.29) is 17.9 Å². The lowest BCUT2D eigenvalue weighted by Crippen LogP contribution is -2.44. The standard InChI is InChI=1S/C19H19FN4O3/c1-26-13-6-9-24-16(11-22-17(24)10-13)19(25)23-8-3-4-14(12-23)27-18-15(20)5-2-7-21-18/h2,5-7,9-11,14H,3-4,8,12H2,1H3. The average Bonchev–Trinajstić information content (AvgIpc) is 3.12. The Bertz CT molecular complexity index is 974. The normalized spacial score (nSPS) is 17.1. The largest absolute Gasteiger partial charge is 0.497 e. The molecule has 1 fully saturated rings. The molecule has 3 aromatic rings. The van der Waals surface area contributed by atoms with Gasteiger partial charge < -0.3 is 14.4 Å². The van der Waals surface area contributed by atoms with Crippen molar-refractivity contribution in [3.05, 3.63) is 54.4 Å². The molecule has 0 spiro atoms. The van der Waals surface area contributed by atoms with Gasteiger partial charge in [0.25, 0.3) is 11.8 Å². The molecule has 4 rings (SSSR count). The summed E-state index contributed by atoms with van der Waals surface area (Å²) in [6, 6.07) is 6.36. The summed E-state index contributed by atoms with van der Waals surface area (Å²) in [7, 11) is 1.58. The highest BCUT2D eigenvalue weighted by atomic mass is 19.1. The molecule has 0 N–H and O–H groups in total. The van der Waals surface area contributed by atoms with Crippen molar-refractivity contribution in [1.82, 2.24) is 19.3 Å². The molecule has 1 saturated heterocycles. The third kappa shape index (κ3) is 3.42. The molecule has 1 unspecified atom stereocenters. The van der Waals surface area contributed by atoms with Crippen molar-refractivity contribution in [3.63, 3.8) is 0 Å². The van der Waals surface area contributed by atoms with Gasteiger partial charge in [0.1, 0.15) is 23.2 Å². The monoisotopic (exact) mass is 370 g/mol. The molecule has 1 aliphatic rings. The predicted octanol–water partition coefficient (Wildman–Crippen LogP) is 2.56. The third-order valence-electron chi connectivity index (χ3n) is 4.61. The smallest absolute Gasteiger partial charge is 0.272 e. The van der Waals surface area contributed by atoms with Crippen LogP contribution in [0.4, 0.5) is 4.39 Å². The molecule has 27 heavy (non-hydrogen) atoms. The summed E-state index contributed by atoms with van der Waals surface area (Å²) in [5, 5.41) is 0. The average molecular weight is 370 g/mol. The maximum atomic E-state index is 13.8. The van der Waals surface area contributed by atoms with Gasteiger partial charge in [-0.2, -0.15) is 0 Å². The summed E-state index contributed by atoms with van der Waals surface area (Å²) in [4.78, 5) is 22.9. The highest BCUT2D eigenvalue weighted by Gasteiger charge is 2.28. The van der Waals surface area contributed by atoms with Gasteiger partial charge in [0.2, 0.25) is 0 Å². The number of ether oxygens (including phenoxy) is 2. The summed E-state index contributed by atoms with van der Waals surface area (Å²) < 4.78 is 26.4. The number of carbonyl (C=O) groups is 1. The Hall–Kier alpha value is -3.16. The van der Waals surface area contributed by atoms with Gasteiger partial charge in [-0.15, -0.1) is 0 Å². The number of carbonyl (C=O) groups excluding carboxylic acids is 1. The zero-order valence-electron chi connectivity index (χ0n) is 14.8. The second-order valence-electron chi connectivity index (χ2n) is 6.36. The fourth-order valence-corrected chi connectivity index (χ4v) is 3.24. The van der Waals surface area contributed by atoms with Gasteiger partial charge in [-0.25, -0.2) is 14.4 Å². The molecule has 0 aromatic carbocycles. The first-order valence-corrected chi connectivity index (χ1v) is 8.73. The number of nitrogens with zero attached hydrogens (tertiary/aromatic N) is 4. The van der Waals surface area contributed by atoms with Crippen LogP contribution in [0.3, 0.4) is 0 Å². The van der Waals surface area contributed by atoms with Crippen LogP contribution < -0.4 is 9.47 Å². The van der Waals surface area contributed by atoms with E-state index in [1.165, 1.54) is 18.3 Å². The fraction of sp³-hybridized carbons (Fsp3) is 0.316. The Morgan fingerprint density at radius 1 is 1.33 bits per heavy atom. The number of halogens is 1. The van der Waals surface area contributed by atoms with Crippen LogP contribution in [0.25, 0.3) is 5.65 Å². The summed E-state index contributed by atoms with van der Waals surface area (Å²) >= 11 is 0. The molecule has 1 amide bonds. The first kappa shape index (κ1) is 17.3. The molecular formula is C19H19FN4O3. The summed E-state index contributed by atoms with van der Waals surface area (Å²) in [5.74, 6) is 0.00811. The third-order valence-corrected chi connectivity index (χ3v) is 4.61. The molecule has 8 heteroatoms. The van der Waals surface area contributed by atoms with Gasteiger partial charge in [0.05, 0.1) is 19.9 Å². The topological polar surface area (TPSA) is 69.0 Å². The molecule has 0 saturated carbocycles. The van der Waals surface area contributed by atoms with Crippen LogP contribution in [-0.4, -0.2) is 51.5 Å². The number of amides is 1. The Morgan fingerprint density at radius 2 is 2.22 bits per heavy atom. The van der Waals surface area contributed by atoms with Gasteiger partial charge >= 0.3 is 0 Å². The molecular weight excluding hydrogens is 351 g/mol. The van der Waals surface area contributed by atoms with Crippen LogP contribution in [0.1, 0.15) is 23.3 Å². The minimum absolute atomic E-state index is 0.0290. The summed E-state index contributed by atoms with van der Waals surface area (Å²) in [6.45, 7) is 0.991. The number of hydrogen-bond acceptors (Lipinski definition) is 5. The molecule has 7 nitrogen and oxygen atoms in total. The van der Waals surface area contributed by atoms with E-state index < -0.39 is 5.82 Å². The first-order valence-electron chi connectivity index (χ1n) is 8.73. The number of fused-ring (bicyclic) bond motifs is 1. The predicted molar refractivity (Wildman–Crippen MR) is 95.5 cm³/mol. The number of methoxy groups -OCH3 is 1. The quantitative estimate of drug-likeness (QED) is 0.706. The van der Waals surface area contributed by atoms with Crippen LogP contribution in [0.5, 0.6) is 11.6 Å². The van der Waals surface area contributed by atoms with Gasteiger partial charge in [-0.1, -0.05) is 0 Å². The molecule has 3 aromatic heterocycles. The van der Waals surface area contributed by atoms with Crippen LogP contribution in [0.15, 0.2) is 42.9 Å². The number of likely N-dealkylation sites (tertiary alicyclic amines) is 1. The van der Waals surface area contributed by atoms with Gasteiger partial charge in [-0.05, 0) is 31.0 Å². The summed E-state index contributed by atoms with van der Waals surface area (Å²) in [6.07, 6.45) is 6.01. The molecule has 140 valence electrons. The van der Waals surface area contributed by atoms with E-state index in [4.69, 9.17) is 9.47 Å². The Balaban J connectivity index is 1.51. The highest BCUT2D eigenvalue weighted by molar-refractivity contribution is 5.93. The number of pyridine rings is 2. The van der Waals surface area contributed by atoms with Crippen molar-refractivity contribution in [2.75, 3.05) is 20.2 Å². The number of hydrogen-bond donors (Lipinski definition) is 0. The Kier molecular flexibility index (Phi) is 4.62. The lowest BCUT2D eigenvalue weighted by Gasteiger charge is -2.32. The van der Waals surface area contributed by atoms with Crippen LogP contribution in [-0.2, 0) is 0 Å². The van der Waals surface area contributed by atoms with Crippen LogP contribution >= 0.6 is 0 Å². The zero-order valence-corrected chi connectivity index (χ0v) is 14.8.